The zero-order valence-corrected chi connectivity index (χ0v) is 12.9. The molecule has 2 fully saturated rings. The number of ether oxygens (including phenoxy) is 3. The molecule has 3 rings (SSSR count). The lowest BCUT2D eigenvalue weighted by atomic mass is 9.89. The third kappa shape index (κ3) is 3.23. The molecule has 0 amide bonds. The van der Waals surface area contributed by atoms with Gasteiger partial charge < -0.3 is 19.5 Å². The lowest BCUT2D eigenvalue weighted by molar-refractivity contribution is -0.0902. The second kappa shape index (κ2) is 6.34. The Hall–Kier alpha value is -1.10. The van der Waals surface area contributed by atoms with Gasteiger partial charge in [0.1, 0.15) is 5.75 Å². The molecule has 1 N–H and O–H groups in total. The molecule has 2 unspecified atom stereocenters. The van der Waals surface area contributed by atoms with E-state index in [0.717, 1.165) is 44.8 Å². The monoisotopic (exact) mass is 291 g/mol. The molecular weight excluding hydrogens is 266 g/mol. The minimum Gasteiger partial charge on any atom is -0.496 e. The van der Waals surface area contributed by atoms with Gasteiger partial charge in [-0.1, -0.05) is 18.2 Å². The van der Waals surface area contributed by atoms with E-state index in [1.165, 1.54) is 5.56 Å². The highest BCUT2D eigenvalue weighted by Gasteiger charge is 2.41. The molecule has 1 aromatic carbocycles. The molecule has 3 atom stereocenters. The summed E-state index contributed by atoms with van der Waals surface area (Å²) in [4.78, 5) is 0. The Morgan fingerprint density at radius 2 is 2.19 bits per heavy atom. The van der Waals surface area contributed by atoms with Crippen LogP contribution in [0.1, 0.15) is 37.8 Å². The summed E-state index contributed by atoms with van der Waals surface area (Å²) in [5.74, 6) is 0.948. The molecule has 0 saturated carbocycles. The number of hydrogen-bond donors (Lipinski definition) is 1. The number of nitrogens with one attached hydrogen (secondary N) is 1. The van der Waals surface area contributed by atoms with Gasteiger partial charge in [0.15, 0.2) is 0 Å². The van der Waals surface area contributed by atoms with Crippen LogP contribution >= 0.6 is 0 Å². The minimum atomic E-state index is -0.0452. The predicted octanol–water partition coefficient (Wildman–Crippen LogP) is 2.68. The van der Waals surface area contributed by atoms with E-state index in [4.69, 9.17) is 14.2 Å². The van der Waals surface area contributed by atoms with E-state index in [1.807, 2.05) is 12.1 Å². The van der Waals surface area contributed by atoms with Crippen LogP contribution in [0.25, 0.3) is 0 Å². The van der Waals surface area contributed by atoms with Crippen molar-refractivity contribution in [2.75, 3.05) is 26.9 Å². The molecule has 1 spiro atoms. The summed E-state index contributed by atoms with van der Waals surface area (Å²) in [6.07, 6.45) is 3.11. The molecule has 0 radical (unpaired) electrons. The first kappa shape index (κ1) is 14.8. The first-order chi connectivity index (χ1) is 10.2. The van der Waals surface area contributed by atoms with Crippen LogP contribution in [0, 0.1) is 0 Å². The van der Waals surface area contributed by atoms with Gasteiger partial charge in [0.05, 0.1) is 19.3 Å². The molecule has 2 heterocycles. The van der Waals surface area contributed by atoms with Crippen LogP contribution in [-0.4, -0.2) is 38.6 Å². The standard InChI is InChI=1S/C17H25NO3/c1-13(15-5-3-4-6-16(15)19-2)18-14-7-9-21-17(11-14)8-10-20-12-17/h3-6,13-14,18H,7-12H2,1-2H3/t13-,14?,17?/m1/s1. The summed E-state index contributed by atoms with van der Waals surface area (Å²) in [5.41, 5.74) is 1.17. The summed E-state index contributed by atoms with van der Waals surface area (Å²) in [7, 11) is 1.73. The highest BCUT2D eigenvalue weighted by atomic mass is 16.6. The first-order valence-corrected chi connectivity index (χ1v) is 7.83. The Kier molecular flexibility index (Phi) is 4.48. The predicted molar refractivity (Wildman–Crippen MR) is 81.7 cm³/mol. The van der Waals surface area contributed by atoms with Gasteiger partial charge in [-0.05, 0) is 25.8 Å². The van der Waals surface area contributed by atoms with Crippen LogP contribution < -0.4 is 10.1 Å². The van der Waals surface area contributed by atoms with Crippen molar-refractivity contribution >= 4 is 0 Å². The van der Waals surface area contributed by atoms with Gasteiger partial charge >= 0.3 is 0 Å². The van der Waals surface area contributed by atoms with E-state index >= 15 is 0 Å². The van der Waals surface area contributed by atoms with Crippen molar-refractivity contribution in [1.29, 1.82) is 0 Å². The van der Waals surface area contributed by atoms with Gasteiger partial charge in [-0.15, -0.1) is 0 Å². The maximum Gasteiger partial charge on any atom is 0.123 e. The van der Waals surface area contributed by atoms with Crippen LogP contribution in [0.15, 0.2) is 24.3 Å². The smallest absolute Gasteiger partial charge is 0.123 e. The van der Waals surface area contributed by atoms with Gasteiger partial charge in [0.25, 0.3) is 0 Å². The largest absolute Gasteiger partial charge is 0.496 e. The van der Waals surface area contributed by atoms with Crippen molar-refractivity contribution in [3.8, 4) is 5.75 Å². The van der Waals surface area contributed by atoms with Gasteiger partial charge in [0, 0.05) is 37.3 Å². The fourth-order valence-electron chi connectivity index (χ4n) is 3.50. The highest BCUT2D eigenvalue weighted by Crippen LogP contribution is 2.34. The van der Waals surface area contributed by atoms with Gasteiger partial charge in [0.2, 0.25) is 0 Å². The van der Waals surface area contributed by atoms with Crippen molar-refractivity contribution < 1.29 is 14.2 Å². The van der Waals surface area contributed by atoms with E-state index in [2.05, 4.69) is 24.4 Å². The second-order valence-corrected chi connectivity index (χ2v) is 6.15. The van der Waals surface area contributed by atoms with E-state index in [9.17, 15) is 0 Å². The maximum absolute atomic E-state index is 6.00. The molecule has 116 valence electrons. The third-order valence-corrected chi connectivity index (χ3v) is 4.65. The van der Waals surface area contributed by atoms with Crippen molar-refractivity contribution in [2.24, 2.45) is 0 Å². The van der Waals surface area contributed by atoms with Gasteiger partial charge in [-0.25, -0.2) is 0 Å². The lowest BCUT2D eigenvalue weighted by Gasteiger charge is -2.38. The third-order valence-electron chi connectivity index (χ3n) is 4.65. The van der Waals surface area contributed by atoms with Gasteiger partial charge in [-0.3, -0.25) is 0 Å². The van der Waals surface area contributed by atoms with Crippen LogP contribution in [-0.2, 0) is 9.47 Å². The Bertz CT molecular complexity index is 471. The fourth-order valence-corrected chi connectivity index (χ4v) is 3.50. The first-order valence-electron chi connectivity index (χ1n) is 7.83. The number of rotatable bonds is 4. The topological polar surface area (TPSA) is 39.7 Å². The highest BCUT2D eigenvalue weighted by molar-refractivity contribution is 5.35. The molecule has 2 aliphatic heterocycles. The maximum atomic E-state index is 6.00. The quantitative estimate of drug-likeness (QED) is 0.926. The fraction of sp³-hybridized carbons (Fsp3) is 0.647. The molecule has 1 aromatic rings. The van der Waals surface area contributed by atoms with Crippen molar-refractivity contribution in [3.63, 3.8) is 0 Å². The molecule has 4 heteroatoms. The molecule has 2 saturated heterocycles. The van der Waals surface area contributed by atoms with E-state index < -0.39 is 0 Å². The number of methoxy groups -OCH3 is 1. The van der Waals surface area contributed by atoms with Crippen molar-refractivity contribution in [3.05, 3.63) is 29.8 Å². The molecule has 4 nitrogen and oxygen atoms in total. The minimum absolute atomic E-state index is 0.0452. The van der Waals surface area contributed by atoms with Crippen LogP contribution in [0.3, 0.4) is 0 Å². The molecule has 0 bridgehead atoms. The van der Waals surface area contributed by atoms with Crippen LogP contribution in [0.4, 0.5) is 0 Å². The van der Waals surface area contributed by atoms with Crippen molar-refractivity contribution in [1.82, 2.24) is 5.32 Å². The van der Waals surface area contributed by atoms with E-state index in [0.29, 0.717) is 6.04 Å². The van der Waals surface area contributed by atoms with E-state index in [1.54, 1.807) is 7.11 Å². The lowest BCUT2D eigenvalue weighted by Crippen LogP contribution is -2.48. The van der Waals surface area contributed by atoms with Crippen LogP contribution in [0.5, 0.6) is 5.75 Å². The Morgan fingerprint density at radius 1 is 1.33 bits per heavy atom. The molecular formula is C17H25NO3. The average molecular weight is 291 g/mol. The Labute approximate surface area is 126 Å². The molecule has 2 aliphatic rings. The number of hydrogen-bond acceptors (Lipinski definition) is 4. The van der Waals surface area contributed by atoms with Crippen molar-refractivity contribution in [2.45, 2.75) is 43.9 Å². The average Bonchev–Trinajstić information content (AvgIpc) is 2.95. The Balaban J connectivity index is 1.65. The SMILES string of the molecule is COc1ccccc1[C@@H](C)NC1CCOC2(CCOC2)C1. The zero-order valence-electron chi connectivity index (χ0n) is 12.9. The number of para-hydroxylation sites is 1. The summed E-state index contributed by atoms with van der Waals surface area (Å²) >= 11 is 0. The molecule has 0 aliphatic carbocycles. The second-order valence-electron chi connectivity index (χ2n) is 6.15. The Morgan fingerprint density at radius 3 is 2.95 bits per heavy atom. The molecule has 0 aromatic heterocycles. The van der Waals surface area contributed by atoms with E-state index in [-0.39, 0.29) is 11.6 Å². The summed E-state index contributed by atoms with van der Waals surface area (Å²) < 4.78 is 17.0. The summed E-state index contributed by atoms with van der Waals surface area (Å²) in [6.45, 7) is 4.59. The molecule has 21 heavy (non-hydrogen) atoms. The normalized spacial score (nSPS) is 30.5. The summed E-state index contributed by atoms with van der Waals surface area (Å²) in [6, 6.07) is 8.96. The zero-order chi connectivity index (χ0) is 14.7. The van der Waals surface area contributed by atoms with Gasteiger partial charge in [-0.2, -0.15) is 0 Å². The van der Waals surface area contributed by atoms with Crippen LogP contribution in [0.2, 0.25) is 0 Å². The number of benzene rings is 1. The summed E-state index contributed by atoms with van der Waals surface area (Å²) in [5, 5.41) is 3.75.